The van der Waals surface area contributed by atoms with Crippen LogP contribution in [0.25, 0.3) is 0 Å². The van der Waals surface area contributed by atoms with Crippen LogP contribution in [-0.4, -0.2) is 31.6 Å². The number of methoxy groups -OCH3 is 1. The van der Waals surface area contributed by atoms with Gasteiger partial charge in [0.15, 0.2) is 18.1 Å². The highest BCUT2D eigenvalue weighted by atomic mass is 35.5. The largest absolute Gasteiger partial charge is 0.493 e. The Labute approximate surface area is 176 Å². The van der Waals surface area contributed by atoms with Gasteiger partial charge in [0.25, 0.3) is 5.91 Å². The first-order chi connectivity index (χ1) is 13.5. The number of nitrogens with one attached hydrogen (secondary N) is 2. The normalized spacial score (nSPS) is 17.7. The Morgan fingerprint density at radius 2 is 1.72 bits per heavy atom. The van der Waals surface area contributed by atoms with Crippen LogP contribution in [0.3, 0.4) is 0 Å². The molecule has 4 N–H and O–H groups in total. The molecule has 0 aliphatic heterocycles. The molecule has 1 saturated carbocycles. The molecule has 7 nitrogen and oxygen atoms in total. The SMILES string of the molecule is COc1ccccc1OCC(=O)Nc1cccc(NC(=O)C2CCC(N)C2)c1.Cl. The fourth-order valence-corrected chi connectivity index (χ4v) is 3.25. The number of halogens is 1. The summed E-state index contributed by atoms with van der Waals surface area (Å²) in [6.45, 7) is -0.156. The molecule has 2 unspecified atom stereocenters. The predicted molar refractivity (Wildman–Crippen MR) is 115 cm³/mol. The molecule has 1 aliphatic carbocycles. The highest BCUT2D eigenvalue weighted by Gasteiger charge is 2.27. The van der Waals surface area contributed by atoms with E-state index in [0.717, 1.165) is 12.8 Å². The molecule has 156 valence electrons. The highest BCUT2D eigenvalue weighted by molar-refractivity contribution is 5.95. The van der Waals surface area contributed by atoms with Crippen LogP contribution in [0, 0.1) is 5.92 Å². The third-order valence-corrected chi connectivity index (χ3v) is 4.69. The van der Waals surface area contributed by atoms with Gasteiger partial charge in [0, 0.05) is 23.3 Å². The smallest absolute Gasteiger partial charge is 0.262 e. The fourth-order valence-electron chi connectivity index (χ4n) is 3.25. The van der Waals surface area contributed by atoms with Gasteiger partial charge in [0.1, 0.15) is 0 Å². The molecule has 0 bridgehead atoms. The van der Waals surface area contributed by atoms with E-state index in [-0.39, 0.29) is 42.8 Å². The van der Waals surface area contributed by atoms with E-state index in [1.807, 2.05) is 6.07 Å². The number of para-hydroxylation sites is 2. The second-order valence-electron chi connectivity index (χ2n) is 6.83. The Bertz CT molecular complexity index is 846. The van der Waals surface area contributed by atoms with Crippen molar-refractivity contribution in [2.75, 3.05) is 24.4 Å². The summed E-state index contributed by atoms with van der Waals surface area (Å²) < 4.78 is 10.7. The van der Waals surface area contributed by atoms with Gasteiger partial charge in [-0.3, -0.25) is 9.59 Å². The second-order valence-corrected chi connectivity index (χ2v) is 6.83. The summed E-state index contributed by atoms with van der Waals surface area (Å²) in [5.74, 6) is 0.664. The van der Waals surface area contributed by atoms with Crippen LogP contribution in [0.2, 0.25) is 0 Å². The molecule has 3 rings (SSSR count). The molecule has 0 heterocycles. The first-order valence-corrected chi connectivity index (χ1v) is 9.27. The summed E-state index contributed by atoms with van der Waals surface area (Å²) in [7, 11) is 1.54. The molecule has 29 heavy (non-hydrogen) atoms. The number of nitrogens with two attached hydrogens (primary N) is 1. The Hall–Kier alpha value is -2.77. The van der Waals surface area contributed by atoms with Crippen molar-refractivity contribution in [3.05, 3.63) is 48.5 Å². The standard InChI is InChI=1S/C21H25N3O4.ClH/c1-27-18-7-2-3-8-19(18)28-13-20(25)23-16-5-4-6-17(12-16)24-21(26)14-9-10-15(22)11-14;/h2-8,12,14-15H,9-11,13,22H2,1H3,(H,23,25)(H,24,26);1H. The van der Waals surface area contributed by atoms with Gasteiger partial charge in [-0.05, 0) is 49.6 Å². The molecule has 1 aliphatic rings. The lowest BCUT2D eigenvalue weighted by Gasteiger charge is -2.13. The van der Waals surface area contributed by atoms with Gasteiger partial charge in [0.2, 0.25) is 5.91 Å². The number of ether oxygens (including phenoxy) is 2. The van der Waals surface area contributed by atoms with E-state index in [9.17, 15) is 9.59 Å². The lowest BCUT2D eigenvalue weighted by atomic mass is 10.1. The number of hydrogen-bond donors (Lipinski definition) is 3. The zero-order chi connectivity index (χ0) is 19.9. The summed E-state index contributed by atoms with van der Waals surface area (Å²) >= 11 is 0. The molecule has 0 saturated heterocycles. The Morgan fingerprint density at radius 1 is 1.03 bits per heavy atom. The summed E-state index contributed by atoms with van der Waals surface area (Å²) in [5.41, 5.74) is 7.09. The van der Waals surface area contributed by atoms with Crippen LogP contribution in [0.5, 0.6) is 11.5 Å². The lowest BCUT2D eigenvalue weighted by molar-refractivity contribution is -0.120. The average Bonchev–Trinajstić information content (AvgIpc) is 3.13. The molecule has 2 aromatic rings. The van der Waals surface area contributed by atoms with Crippen molar-refractivity contribution in [3.8, 4) is 11.5 Å². The summed E-state index contributed by atoms with van der Waals surface area (Å²) in [6, 6.07) is 14.2. The minimum atomic E-state index is -0.309. The van der Waals surface area contributed by atoms with Gasteiger partial charge in [-0.1, -0.05) is 18.2 Å². The van der Waals surface area contributed by atoms with Crippen molar-refractivity contribution in [2.24, 2.45) is 11.7 Å². The summed E-state index contributed by atoms with van der Waals surface area (Å²) in [4.78, 5) is 24.5. The zero-order valence-electron chi connectivity index (χ0n) is 16.2. The van der Waals surface area contributed by atoms with E-state index in [4.69, 9.17) is 15.2 Å². The number of hydrogen-bond acceptors (Lipinski definition) is 5. The maximum absolute atomic E-state index is 12.3. The quantitative estimate of drug-likeness (QED) is 0.639. The lowest BCUT2D eigenvalue weighted by Crippen LogP contribution is -2.23. The molecular weight excluding hydrogens is 394 g/mol. The predicted octanol–water partition coefficient (Wildman–Crippen LogP) is 3.20. The molecule has 2 atom stereocenters. The Balaban J connectivity index is 0.00000300. The molecule has 0 spiro atoms. The summed E-state index contributed by atoms with van der Waals surface area (Å²) in [6.07, 6.45) is 2.40. The Kier molecular flexibility index (Phi) is 8.30. The molecule has 0 aromatic heterocycles. The van der Waals surface area contributed by atoms with Crippen molar-refractivity contribution >= 4 is 35.6 Å². The molecule has 0 radical (unpaired) electrons. The molecular formula is C21H26ClN3O4. The van der Waals surface area contributed by atoms with E-state index < -0.39 is 0 Å². The number of benzene rings is 2. The van der Waals surface area contributed by atoms with Crippen LogP contribution in [0.1, 0.15) is 19.3 Å². The van der Waals surface area contributed by atoms with Gasteiger partial charge in [-0.2, -0.15) is 0 Å². The van der Waals surface area contributed by atoms with Crippen LogP contribution in [0.4, 0.5) is 11.4 Å². The van der Waals surface area contributed by atoms with Gasteiger partial charge < -0.3 is 25.8 Å². The monoisotopic (exact) mass is 419 g/mol. The third-order valence-electron chi connectivity index (χ3n) is 4.69. The number of rotatable bonds is 7. The Morgan fingerprint density at radius 3 is 2.38 bits per heavy atom. The number of carbonyl (C=O) groups excluding carboxylic acids is 2. The molecule has 2 aromatic carbocycles. The van der Waals surface area contributed by atoms with Gasteiger partial charge in [-0.25, -0.2) is 0 Å². The van der Waals surface area contributed by atoms with E-state index in [2.05, 4.69) is 10.6 Å². The number of anilines is 2. The minimum absolute atomic E-state index is 0. The summed E-state index contributed by atoms with van der Waals surface area (Å²) in [5, 5.41) is 5.66. The van der Waals surface area contributed by atoms with Crippen LogP contribution < -0.4 is 25.8 Å². The first-order valence-electron chi connectivity index (χ1n) is 9.27. The van der Waals surface area contributed by atoms with Crippen molar-refractivity contribution in [3.63, 3.8) is 0 Å². The van der Waals surface area contributed by atoms with Crippen molar-refractivity contribution in [1.29, 1.82) is 0 Å². The third kappa shape index (κ3) is 6.37. The molecule has 2 amide bonds. The number of carbonyl (C=O) groups is 2. The van der Waals surface area contributed by atoms with Crippen molar-refractivity contribution < 1.29 is 19.1 Å². The van der Waals surface area contributed by atoms with Crippen LogP contribution in [-0.2, 0) is 9.59 Å². The highest BCUT2D eigenvalue weighted by Crippen LogP contribution is 2.27. The van der Waals surface area contributed by atoms with Gasteiger partial charge in [-0.15, -0.1) is 12.4 Å². The van der Waals surface area contributed by atoms with Gasteiger partial charge >= 0.3 is 0 Å². The van der Waals surface area contributed by atoms with E-state index in [0.29, 0.717) is 29.3 Å². The maximum atomic E-state index is 12.3. The van der Waals surface area contributed by atoms with E-state index in [1.165, 1.54) is 0 Å². The zero-order valence-corrected chi connectivity index (χ0v) is 17.0. The van der Waals surface area contributed by atoms with Crippen molar-refractivity contribution in [1.82, 2.24) is 0 Å². The first kappa shape index (κ1) is 22.5. The van der Waals surface area contributed by atoms with Gasteiger partial charge in [0.05, 0.1) is 7.11 Å². The second kappa shape index (κ2) is 10.7. The molecule has 8 heteroatoms. The van der Waals surface area contributed by atoms with E-state index >= 15 is 0 Å². The molecule has 1 fully saturated rings. The number of amides is 2. The maximum Gasteiger partial charge on any atom is 0.262 e. The van der Waals surface area contributed by atoms with Crippen LogP contribution >= 0.6 is 12.4 Å². The fraction of sp³-hybridized carbons (Fsp3) is 0.333. The average molecular weight is 420 g/mol. The van der Waals surface area contributed by atoms with Crippen molar-refractivity contribution in [2.45, 2.75) is 25.3 Å². The van der Waals surface area contributed by atoms with E-state index in [1.54, 1.807) is 49.6 Å². The minimum Gasteiger partial charge on any atom is -0.493 e. The topological polar surface area (TPSA) is 103 Å². The van der Waals surface area contributed by atoms with Crippen LogP contribution in [0.15, 0.2) is 48.5 Å².